The fourth-order valence-corrected chi connectivity index (χ4v) is 5.77. The normalized spacial score (nSPS) is 18.6. The summed E-state index contributed by atoms with van der Waals surface area (Å²) < 4.78 is 49.6. The molecule has 33 heavy (non-hydrogen) atoms. The number of ether oxygens (including phenoxy) is 4. The molecule has 9 nitrogen and oxygen atoms in total. The first-order valence-corrected chi connectivity index (χ1v) is 12.5. The Morgan fingerprint density at radius 3 is 2.12 bits per heavy atom. The number of hydrogen-bond donors (Lipinski definition) is 1. The van der Waals surface area contributed by atoms with Gasteiger partial charge in [0, 0.05) is 37.2 Å². The summed E-state index contributed by atoms with van der Waals surface area (Å²) in [5, 5.41) is 3.20. The number of piperidine rings is 1. The van der Waals surface area contributed by atoms with Crippen molar-refractivity contribution in [1.29, 1.82) is 0 Å². The van der Waals surface area contributed by atoms with Gasteiger partial charge in [0.25, 0.3) is 0 Å². The third-order valence-electron chi connectivity index (χ3n) is 5.87. The number of nitrogens with zero attached hydrogens (tertiary/aromatic N) is 1. The van der Waals surface area contributed by atoms with Crippen LogP contribution in [0.3, 0.4) is 0 Å². The van der Waals surface area contributed by atoms with E-state index in [1.165, 1.54) is 16.4 Å². The number of nitrogens with one attached hydrogen (secondary N) is 1. The minimum Gasteiger partial charge on any atom is -0.486 e. The maximum atomic E-state index is 13.1. The Balaban J connectivity index is 1.23. The molecule has 0 spiro atoms. The zero-order valence-corrected chi connectivity index (χ0v) is 19.3. The van der Waals surface area contributed by atoms with Crippen LogP contribution in [0.1, 0.15) is 12.8 Å². The molecule has 1 saturated heterocycles. The van der Waals surface area contributed by atoms with E-state index in [4.69, 9.17) is 30.5 Å². The molecule has 0 saturated carbocycles. The maximum Gasteiger partial charge on any atom is 0.243 e. The molecule has 3 aliphatic heterocycles. The quantitative estimate of drug-likeness (QED) is 0.697. The van der Waals surface area contributed by atoms with Crippen LogP contribution in [0.15, 0.2) is 35.2 Å². The maximum absolute atomic E-state index is 13.1. The summed E-state index contributed by atoms with van der Waals surface area (Å²) in [4.78, 5) is 13.0. The predicted octanol–water partition coefficient (Wildman–Crippen LogP) is 2.92. The summed E-state index contributed by atoms with van der Waals surface area (Å²) >= 11 is 6.29. The van der Waals surface area contributed by atoms with Gasteiger partial charge in [-0.3, -0.25) is 4.79 Å². The molecule has 0 atom stereocenters. The van der Waals surface area contributed by atoms with Gasteiger partial charge in [0.05, 0.1) is 15.6 Å². The van der Waals surface area contributed by atoms with Crippen molar-refractivity contribution in [3.63, 3.8) is 0 Å². The molecule has 1 amide bonds. The Morgan fingerprint density at radius 2 is 1.45 bits per heavy atom. The van der Waals surface area contributed by atoms with Gasteiger partial charge in [-0.25, -0.2) is 8.42 Å². The lowest BCUT2D eigenvalue weighted by Gasteiger charge is -2.31. The lowest BCUT2D eigenvalue weighted by Crippen LogP contribution is -2.41. The molecule has 3 heterocycles. The standard InChI is InChI=1S/C22H23ClN2O7S/c23-16-12-20-21(32-10-9-31-20)13-17(16)24-22(26)14-3-5-25(6-4-14)33(27,28)15-1-2-18-19(11-15)30-8-7-29-18/h1-2,11-14H,3-10H2,(H,24,26). The first-order chi connectivity index (χ1) is 15.9. The molecule has 1 N–H and O–H groups in total. The highest BCUT2D eigenvalue weighted by Crippen LogP contribution is 2.38. The van der Waals surface area contributed by atoms with Gasteiger partial charge < -0.3 is 24.3 Å². The number of rotatable bonds is 4. The zero-order chi connectivity index (χ0) is 23.0. The first kappa shape index (κ1) is 22.1. The van der Waals surface area contributed by atoms with Crippen LogP contribution in [0.5, 0.6) is 23.0 Å². The smallest absolute Gasteiger partial charge is 0.243 e. The Morgan fingerprint density at radius 1 is 0.879 bits per heavy atom. The fourth-order valence-electron chi connectivity index (χ4n) is 4.09. The highest BCUT2D eigenvalue weighted by atomic mass is 35.5. The van der Waals surface area contributed by atoms with Gasteiger partial charge in [0.2, 0.25) is 15.9 Å². The van der Waals surface area contributed by atoms with E-state index in [9.17, 15) is 13.2 Å². The number of sulfonamides is 1. The molecule has 11 heteroatoms. The van der Waals surface area contributed by atoms with Crippen LogP contribution >= 0.6 is 11.6 Å². The monoisotopic (exact) mass is 494 g/mol. The SMILES string of the molecule is O=C(Nc1cc2c(cc1Cl)OCCO2)C1CCN(S(=O)(=O)c2ccc3c(c2)OCCO3)CC1. The number of amides is 1. The van der Waals surface area contributed by atoms with Crippen molar-refractivity contribution < 1.29 is 32.2 Å². The first-order valence-electron chi connectivity index (χ1n) is 10.7. The van der Waals surface area contributed by atoms with Gasteiger partial charge in [0.15, 0.2) is 23.0 Å². The lowest BCUT2D eigenvalue weighted by molar-refractivity contribution is -0.120. The Bertz CT molecular complexity index is 1180. The number of carbonyl (C=O) groups excluding carboxylic acids is 1. The van der Waals surface area contributed by atoms with Crippen molar-refractivity contribution in [2.75, 3.05) is 44.8 Å². The van der Waals surface area contributed by atoms with E-state index in [0.29, 0.717) is 73.0 Å². The van der Waals surface area contributed by atoms with Gasteiger partial charge in [-0.2, -0.15) is 4.31 Å². The van der Waals surface area contributed by atoms with E-state index in [1.54, 1.807) is 18.2 Å². The minimum atomic E-state index is -3.71. The van der Waals surface area contributed by atoms with E-state index < -0.39 is 10.0 Å². The third-order valence-corrected chi connectivity index (χ3v) is 8.07. The zero-order valence-electron chi connectivity index (χ0n) is 17.7. The second-order valence-corrected chi connectivity index (χ2v) is 10.3. The van der Waals surface area contributed by atoms with Crippen LogP contribution < -0.4 is 24.3 Å². The molecule has 0 aliphatic carbocycles. The predicted molar refractivity (Wildman–Crippen MR) is 120 cm³/mol. The van der Waals surface area contributed by atoms with Crippen LogP contribution in [-0.4, -0.2) is 58.1 Å². The number of fused-ring (bicyclic) bond motifs is 2. The van der Waals surface area contributed by atoms with Crippen LogP contribution in [0, 0.1) is 5.92 Å². The van der Waals surface area contributed by atoms with Crippen molar-refractivity contribution in [2.45, 2.75) is 17.7 Å². The van der Waals surface area contributed by atoms with Gasteiger partial charge in [-0.05, 0) is 25.0 Å². The highest BCUT2D eigenvalue weighted by Gasteiger charge is 2.33. The second kappa shape index (κ2) is 8.92. The van der Waals surface area contributed by atoms with E-state index in [-0.39, 0.29) is 29.8 Å². The molecule has 0 unspecified atom stereocenters. The van der Waals surface area contributed by atoms with Crippen LogP contribution in [0.25, 0.3) is 0 Å². The lowest BCUT2D eigenvalue weighted by atomic mass is 9.97. The van der Waals surface area contributed by atoms with E-state index in [0.717, 1.165) is 0 Å². The third kappa shape index (κ3) is 4.42. The average molecular weight is 495 g/mol. The number of anilines is 1. The molecular weight excluding hydrogens is 472 g/mol. The Labute approximate surface area is 196 Å². The summed E-state index contributed by atoms with van der Waals surface area (Å²) in [6.45, 7) is 2.17. The van der Waals surface area contributed by atoms with Crippen molar-refractivity contribution in [3.05, 3.63) is 35.4 Å². The van der Waals surface area contributed by atoms with Crippen molar-refractivity contribution in [1.82, 2.24) is 4.31 Å². The molecule has 5 rings (SSSR count). The van der Waals surface area contributed by atoms with Crippen LogP contribution in [0.4, 0.5) is 5.69 Å². The molecule has 0 bridgehead atoms. The van der Waals surface area contributed by atoms with Crippen LogP contribution in [-0.2, 0) is 14.8 Å². The number of hydrogen-bond acceptors (Lipinski definition) is 7. The van der Waals surface area contributed by atoms with Crippen molar-refractivity contribution in [2.24, 2.45) is 5.92 Å². The van der Waals surface area contributed by atoms with Gasteiger partial charge in [-0.1, -0.05) is 11.6 Å². The summed E-state index contributed by atoms with van der Waals surface area (Å²) in [5.74, 6) is 1.50. The Kier molecular flexibility index (Phi) is 5.98. The van der Waals surface area contributed by atoms with Gasteiger partial charge in [-0.15, -0.1) is 0 Å². The van der Waals surface area contributed by atoms with Crippen LogP contribution in [0.2, 0.25) is 5.02 Å². The average Bonchev–Trinajstić information content (AvgIpc) is 2.84. The molecule has 3 aliphatic rings. The van der Waals surface area contributed by atoms with Gasteiger partial charge >= 0.3 is 0 Å². The molecule has 0 radical (unpaired) electrons. The van der Waals surface area contributed by atoms with E-state index >= 15 is 0 Å². The molecule has 176 valence electrons. The highest BCUT2D eigenvalue weighted by molar-refractivity contribution is 7.89. The number of carbonyl (C=O) groups is 1. The fraction of sp³-hybridized carbons (Fsp3) is 0.409. The number of halogens is 1. The molecule has 0 aromatic heterocycles. The summed E-state index contributed by atoms with van der Waals surface area (Å²) in [7, 11) is -3.71. The van der Waals surface area contributed by atoms with E-state index in [2.05, 4.69) is 5.32 Å². The van der Waals surface area contributed by atoms with Gasteiger partial charge in [0.1, 0.15) is 26.4 Å². The molecule has 1 fully saturated rings. The minimum absolute atomic E-state index is 0.151. The van der Waals surface area contributed by atoms with E-state index in [1.807, 2.05) is 0 Å². The largest absolute Gasteiger partial charge is 0.486 e. The summed E-state index contributed by atoms with van der Waals surface area (Å²) in [6.07, 6.45) is 0.801. The van der Waals surface area contributed by atoms with Crippen molar-refractivity contribution >= 4 is 33.2 Å². The number of benzene rings is 2. The Hall–Kier alpha value is -2.69. The molecular formula is C22H23ClN2O7S. The second-order valence-electron chi connectivity index (χ2n) is 7.95. The van der Waals surface area contributed by atoms with Crippen molar-refractivity contribution in [3.8, 4) is 23.0 Å². The summed E-state index contributed by atoms with van der Waals surface area (Å²) in [5.41, 5.74) is 0.442. The molecule has 2 aromatic carbocycles. The topological polar surface area (TPSA) is 103 Å². The summed E-state index contributed by atoms with van der Waals surface area (Å²) in [6, 6.07) is 7.89. The molecule has 2 aromatic rings.